The molecule has 2 rings (SSSR count). The largest absolute Gasteiger partial charge is 0.444 e. The number of nitrogens with one attached hydrogen (secondary N) is 1. The second-order valence-corrected chi connectivity index (χ2v) is 8.82. The van der Waals surface area contributed by atoms with Gasteiger partial charge in [0.2, 0.25) is 0 Å². The van der Waals surface area contributed by atoms with Crippen LogP contribution in [0.2, 0.25) is 0 Å². The minimum atomic E-state index is -0.458. The molecule has 0 saturated carbocycles. The summed E-state index contributed by atoms with van der Waals surface area (Å²) in [7, 11) is 0. The van der Waals surface area contributed by atoms with Gasteiger partial charge in [0, 0.05) is 24.3 Å². The van der Waals surface area contributed by atoms with Crippen LogP contribution in [0.5, 0.6) is 0 Å². The zero-order chi connectivity index (χ0) is 19.5. The van der Waals surface area contributed by atoms with E-state index in [9.17, 15) is 4.79 Å². The van der Waals surface area contributed by atoms with Crippen molar-refractivity contribution < 1.29 is 9.53 Å². The van der Waals surface area contributed by atoms with Gasteiger partial charge in [-0.2, -0.15) is 0 Å². The maximum absolute atomic E-state index is 12.4. The van der Waals surface area contributed by atoms with E-state index < -0.39 is 5.60 Å². The summed E-state index contributed by atoms with van der Waals surface area (Å²) in [6.45, 7) is 17.6. The van der Waals surface area contributed by atoms with Gasteiger partial charge in [0.05, 0.1) is 0 Å². The summed E-state index contributed by atoms with van der Waals surface area (Å²) in [6.07, 6.45) is 2.45. The fourth-order valence-electron chi connectivity index (χ4n) is 3.61. The fraction of sp³-hybridized carbons (Fsp3) is 0.591. The van der Waals surface area contributed by atoms with E-state index in [1.165, 1.54) is 16.8 Å². The summed E-state index contributed by atoms with van der Waals surface area (Å²) in [6, 6.07) is 6.50. The standard InChI is InChI=1S/C22H34N2O2/c1-16(2)15-22(23-19-9-8-17(3)14-18(19)4)10-12-24(13-11-22)20(25)26-21(5,6)7/h8-9,14,23H,1,10-13,15H2,2-7H3. The lowest BCUT2D eigenvalue weighted by atomic mass is 9.81. The number of piperidine rings is 1. The highest BCUT2D eigenvalue weighted by atomic mass is 16.6. The van der Waals surface area contributed by atoms with E-state index in [4.69, 9.17) is 4.74 Å². The summed E-state index contributed by atoms with van der Waals surface area (Å²) in [5, 5.41) is 3.79. The number of carbonyl (C=O) groups excluding carboxylic acids is 1. The molecule has 1 saturated heterocycles. The number of rotatable bonds is 4. The zero-order valence-electron chi connectivity index (χ0n) is 17.2. The van der Waals surface area contributed by atoms with Gasteiger partial charge in [0.25, 0.3) is 0 Å². The van der Waals surface area contributed by atoms with Crippen LogP contribution in [0.1, 0.15) is 58.1 Å². The number of hydrogen-bond acceptors (Lipinski definition) is 3. The Kier molecular flexibility index (Phi) is 6.05. The Morgan fingerprint density at radius 3 is 2.38 bits per heavy atom. The predicted octanol–water partition coefficient (Wildman–Crippen LogP) is 5.45. The Labute approximate surface area is 158 Å². The molecular formula is C22H34N2O2. The number of amides is 1. The number of aryl methyl sites for hydroxylation is 2. The van der Waals surface area contributed by atoms with Crippen molar-refractivity contribution >= 4 is 11.8 Å². The molecule has 4 heteroatoms. The molecule has 1 aliphatic rings. The number of nitrogens with zero attached hydrogens (tertiary/aromatic N) is 1. The molecule has 1 aromatic rings. The summed E-state index contributed by atoms with van der Waals surface area (Å²) < 4.78 is 5.53. The van der Waals surface area contributed by atoms with Gasteiger partial charge in [0.15, 0.2) is 0 Å². The Balaban J connectivity index is 2.12. The average Bonchev–Trinajstić information content (AvgIpc) is 2.48. The van der Waals surface area contributed by atoms with Gasteiger partial charge >= 0.3 is 6.09 Å². The van der Waals surface area contributed by atoms with Gasteiger partial charge in [-0.15, -0.1) is 6.58 Å². The zero-order valence-corrected chi connectivity index (χ0v) is 17.2. The first-order chi connectivity index (χ1) is 12.0. The van der Waals surface area contributed by atoms with Crippen molar-refractivity contribution in [3.63, 3.8) is 0 Å². The third-order valence-electron chi connectivity index (χ3n) is 4.79. The Bertz CT molecular complexity index is 665. The molecule has 1 aliphatic heterocycles. The van der Waals surface area contributed by atoms with Crippen LogP contribution in [0.25, 0.3) is 0 Å². The Morgan fingerprint density at radius 2 is 1.88 bits per heavy atom. The van der Waals surface area contributed by atoms with Crippen molar-refractivity contribution in [1.82, 2.24) is 4.90 Å². The molecule has 1 aromatic carbocycles. The number of likely N-dealkylation sites (tertiary alicyclic amines) is 1. The lowest BCUT2D eigenvalue weighted by Gasteiger charge is -2.43. The van der Waals surface area contributed by atoms with Crippen LogP contribution in [-0.4, -0.2) is 35.2 Å². The van der Waals surface area contributed by atoms with Gasteiger partial charge in [0.1, 0.15) is 5.60 Å². The molecule has 0 atom stereocenters. The minimum absolute atomic E-state index is 0.0651. The topological polar surface area (TPSA) is 41.6 Å². The molecule has 1 amide bonds. The van der Waals surface area contributed by atoms with Crippen molar-refractivity contribution in [3.8, 4) is 0 Å². The summed E-state index contributed by atoms with van der Waals surface area (Å²) >= 11 is 0. The highest BCUT2D eigenvalue weighted by molar-refractivity contribution is 5.68. The van der Waals surface area contributed by atoms with Gasteiger partial charge in [-0.3, -0.25) is 0 Å². The van der Waals surface area contributed by atoms with Gasteiger partial charge in [-0.05, 0) is 72.4 Å². The number of hydrogen-bond donors (Lipinski definition) is 1. The lowest BCUT2D eigenvalue weighted by molar-refractivity contribution is 0.0178. The maximum Gasteiger partial charge on any atom is 0.410 e. The number of ether oxygens (including phenoxy) is 1. The molecule has 0 aliphatic carbocycles. The van der Waals surface area contributed by atoms with Gasteiger partial charge < -0.3 is 15.0 Å². The fourth-order valence-corrected chi connectivity index (χ4v) is 3.61. The highest BCUT2D eigenvalue weighted by Gasteiger charge is 2.37. The smallest absolute Gasteiger partial charge is 0.410 e. The first-order valence-corrected chi connectivity index (χ1v) is 9.47. The summed E-state index contributed by atoms with van der Waals surface area (Å²) in [4.78, 5) is 14.2. The quantitative estimate of drug-likeness (QED) is 0.728. The van der Waals surface area contributed by atoms with E-state index >= 15 is 0 Å². The lowest BCUT2D eigenvalue weighted by Crippen LogP contribution is -2.51. The van der Waals surface area contributed by atoms with Crippen LogP contribution >= 0.6 is 0 Å². The maximum atomic E-state index is 12.4. The van der Waals surface area contributed by atoms with Crippen molar-refractivity contribution in [1.29, 1.82) is 0 Å². The van der Waals surface area contributed by atoms with E-state index in [1.54, 1.807) is 0 Å². The molecule has 0 radical (unpaired) electrons. The SMILES string of the molecule is C=C(C)CC1(Nc2ccc(C)cc2C)CCN(C(=O)OC(C)(C)C)CC1. The molecule has 0 unspecified atom stereocenters. The second kappa shape index (κ2) is 7.73. The molecule has 144 valence electrons. The number of anilines is 1. The molecule has 1 heterocycles. The Hall–Kier alpha value is -1.97. The van der Waals surface area contributed by atoms with Crippen LogP contribution in [-0.2, 0) is 4.74 Å². The molecule has 0 spiro atoms. The average molecular weight is 359 g/mol. The molecule has 1 N–H and O–H groups in total. The second-order valence-electron chi connectivity index (χ2n) is 8.82. The van der Waals surface area contributed by atoms with Crippen LogP contribution in [0, 0.1) is 13.8 Å². The predicted molar refractivity (Wildman–Crippen MR) is 109 cm³/mol. The third-order valence-corrected chi connectivity index (χ3v) is 4.79. The van der Waals surface area contributed by atoms with Crippen molar-refractivity contribution in [2.45, 2.75) is 71.9 Å². The van der Waals surface area contributed by atoms with E-state index in [0.717, 1.165) is 24.8 Å². The van der Waals surface area contributed by atoms with Gasteiger partial charge in [-0.25, -0.2) is 4.79 Å². The van der Waals surface area contributed by atoms with E-state index in [0.29, 0.717) is 13.1 Å². The first-order valence-electron chi connectivity index (χ1n) is 9.47. The first kappa shape index (κ1) is 20.3. The van der Waals surface area contributed by atoms with Crippen molar-refractivity contribution in [3.05, 3.63) is 41.5 Å². The van der Waals surface area contributed by atoms with Crippen molar-refractivity contribution in [2.24, 2.45) is 0 Å². The third kappa shape index (κ3) is 5.52. The van der Waals surface area contributed by atoms with Crippen LogP contribution < -0.4 is 5.32 Å². The molecule has 26 heavy (non-hydrogen) atoms. The number of carbonyl (C=O) groups is 1. The highest BCUT2D eigenvalue weighted by Crippen LogP contribution is 2.34. The van der Waals surface area contributed by atoms with Crippen LogP contribution in [0.15, 0.2) is 30.4 Å². The molecule has 0 aromatic heterocycles. The number of benzene rings is 1. The van der Waals surface area contributed by atoms with Crippen LogP contribution in [0.4, 0.5) is 10.5 Å². The summed E-state index contributed by atoms with van der Waals surface area (Å²) in [5.41, 5.74) is 4.32. The van der Waals surface area contributed by atoms with E-state index in [2.05, 4.69) is 50.9 Å². The van der Waals surface area contributed by atoms with Crippen molar-refractivity contribution in [2.75, 3.05) is 18.4 Å². The molecule has 1 fully saturated rings. The summed E-state index contributed by atoms with van der Waals surface area (Å²) in [5.74, 6) is 0. The molecular weight excluding hydrogens is 324 g/mol. The Morgan fingerprint density at radius 1 is 1.27 bits per heavy atom. The minimum Gasteiger partial charge on any atom is -0.444 e. The van der Waals surface area contributed by atoms with Crippen LogP contribution in [0.3, 0.4) is 0 Å². The van der Waals surface area contributed by atoms with Gasteiger partial charge in [-0.1, -0.05) is 23.3 Å². The molecule has 0 bridgehead atoms. The monoisotopic (exact) mass is 358 g/mol. The molecule has 4 nitrogen and oxygen atoms in total. The van der Waals surface area contributed by atoms with E-state index in [-0.39, 0.29) is 11.6 Å². The van der Waals surface area contributed by atoms with E-state index in [1.807, 2.05) is 25.7 Å². The normalized spacial score (nSPS) is 16.9.